The van der Waals surface area contributed by atoms with Gasteiger partial charge < -0.3 is 4.74 Å². The molecule has 0 bridgehead atoms. The standard InChI is InChI=1S/C26H24N4O2S2/c1-16-8-7-11-18(12-16)29-22(31)21-19-13-26(2,3)32-14-20(19)34-23(21)30-24(29)27-28-25(30)33-15-17-9-5-4-6-10-17/h4-12H,13-15H2,1-3H3. The molecule has 1 aliphatic rings. The van der Waals surface area contributed by atoms with Gasteiger partial charge in [-0.1, -0.05) is 54.2 Å². The summed E-state index contributed by atoms with van der Waals surface area (Å²) < 4.78 is 9.85. The number of aryl methyl sites for hydroxylation is 1. The summed E-state index contributed by atoms with van der Waals surface area (Å²) in [6, 6.07) is 18.3. The van der Waals surface area contributed by atoms with Crippen LogP contribution in [0, 0.1) is 6.92 Å². The molecule has 0 aliphatic carbocycles. The number of hydrogen-bond acceptors (Lipinski definition) is 6. The Morgan fingerprint density at radius 2 is 1.94 bits per heavy atom. The maximum Gasteiger partial charge on any atom is 0.268 e. The van der Waals surface area contributed by atoms with E-state index in [9.17, 15) is 4.79 Å². The highest BCUT2D eigenvalue weighted by molar-refractivity contribution is 7.98. The van der Waals surface area contributed by atoms with E-state index in [1.165, 1.54) is 5.56 Å². The van der Waals surface area contributed by atoms with Crippen molar-refractivity contribution in [2.75, 3.05) is 0 Å². The summed E-state index contributed by atoms with van der Waals surface area (Å²) in [5, 5.41) is 10.6. The summed E-state index contributed by atoms with van der Waals surface area (Å²) in [6.45, 7) is 6.71. The van der Waals surface area contributed by atoms with Gasteiger partial charge in [0.05, 0.1) is 23.3 Å². The number of thiophene rings is 1. The molecule has 3 aromatic heterocycles. The van der Waals surface area contributed by atoms with Gasteiger partial charge in [0, 0.05) is 17.1 Å². The molecule has 4 heterocycles. The fourth-order valence-electron chi connectivity index (χ4n) is 4.52. The van der Waals surface area contributed by atoms with Crippen LogP contribution in [0.3, 0.4) is 0 Å². The molecule has 0 atom stereocenters. The Kier molecular flexibility index (Phi) is 5.13. The summed E-state index contributed by atoms with van der Waals surface area (Å²) in [5.74, 6) is 1.31. The van der Waals surface area contributed by atoms with Crippen molar-refractivity contribution < 1.29 is 4.74 Å². The third-order valence-corrected chi connectivity index (χ3v) is 8.37. The topological polar surface area (TPSA) is 61.4 Å². The molecule has 0 saturated carbocycles. The highest BCUT2D eigenvalue weighted by Crippen LogP contribution is 2.39. The predicted octanol–water partition coefficient (Wildman–Crippen LogP) is 5.55. The molecular weight excluding hydrogens is 464 g/mol. The number of benzene rings is 2. The number of thioether (sulfide) groups is 1. The Morgan fingerprint density at radius 3 is 2.74 bits per heavy atom. The van der Waals surface area contributed by atoms with Crippen LogP contribution in [0.4, 0.5) is 0 Å². The number of fused-ring (bicyclic) bond motifs is 5. The van der Waals surface area contributed by atoms with Gasteiger partial charge in [0.2, 0.25) is 5.78 Å². The summed E-state index contributed by atoms with van der Waals surface area (Å²) >= 11 is 3.26. The van der Waals surface area contributed by atoms with E-state index in [1.807, 2.05) is 49.4 Å². The second kappa shape index (κ2) is 8.08. The van der Waals surface area contributed by atoms with Crippen LogP contribution in [0.1, 0.15) is 35.4 Å². The Morgan fingerprint density at radius 1 is 1.12 bits per heavy atom. The molecule has 5 aromatic rings. The molecule has 0 amide bonds. The Bertz CT molecular complexity index is 1600. The van der Waals surface area contributed by atoms with Gasteiger partial charge in [-0.15, -0.1) is 21.5 Å². The Labute approximate surface area is 205 Å². The van der Waals surface area contributed by atoms with Crippen molar-refractivity contribution in [2.45, 2.75) is 50.3 Å². The van der Waals surface area contributed by atoms with E-state index in [0.717, 1.165) is 42.8 Å². The smallest absolute Gasteiger partial charge is 0.268 e. The Balaban J connectivity index is 1.63. The van der Waals surface area contributed by atoms with Gasteiger partial charge in [0.1, 0.15) is 4.83 Å². The van der Waals surface area contributed by atoms with E-state index in [1.54, 1.807) is 27.7 Å². The van der Waals surface area contributed by atoms with Gasteiger partial charge in [-0.25, -0.2) is 8.97 Å². The SMILES string of the molecule is Cc1cccc(-n2c(=O)c3c4c(sc3n3c(SCc5ccccc5)nnc23)COC(C)(C)C4)c1. The molecule has 6 rings (SSSR count). The first kappa shape index (κ1) is 21.6. The van der Waals surface area contributed by atoms with Crippen molar-refractivity contribution in [3.05, 3.63) is 86.5 Å². The lowest BCUT2D eigenvalue weighted by Crippen LogP contribution is -2.32. The first-order valence-electron chi connectivity index (χ1n) is 11.2. The number of nitrogens with zero attached hydrogens (tertiary/aromatic N) is 4. The first-order chi connectivity index (χ1) is 16.4. The quantitative estimate of drug-likeness (QED) is 0.311. The highest BCUT2D eigenvalue weighted by atomic mass is 32.2. The van der Waals surface area contributed by atoms with Gasteiger partial charge in [-0.05, 0) is 49.6 Å². The molecular formula is C26H24N4O2S2. The minimum Gasteiger partial charge on any atom is -0.370 e. The molecule has 0 radical (unpaired) electrons. The summed E-state index contributed by atoms with van der Waals surface area (Å²) in [7, 11) is 0. The lowest BCUT2D eigenvalue weighted by molar-refractivity contribution is -0.0379. The zero-order valence-electron chi connectivity index (χ0n) is 19.2. The first-order valence-corrected chi connectivity index (χ1v) is 13.0. The third kappa shape index (κ3) is 3.57. The molecule has 0 spiro atoms. The summed E-state index contributed by atoms with van der Waals surface area (Å²) in [5.41, 5.74) is 3.84. The van der Waals surface area contributed by atoms with Crippen molar-refractivity contribution in [3.8, 4) is 5.69 Å². The van der Waals surface area contributed by atoms with E-state index in [-0.39, 0.29) is 11.2 Å². The fourth-order valence-corrected chi connectivity index (χ4v) is 6.69. The maximum atomic E-state index is 14.0. The molecule has 8 heteroatoms. The predicted molar refractivity (Wildman–Crippen MR) is 137 cm³/mol. The fraction of sp³-hybridized carbons (Fsp3) is 0.269. The van der Waals surface area contributed by atoms with Crippen LogP contribution < -0.4 is 5.56 Å². The average molecular weight is 489 g/mol. The zero-order valence-corrected chi connectivity index (χ0v) is 20.9. The molecule has 2 aromatic carbocycles. The molecule has 0 fully saturated rings. The Hall–Kier alpha value is -2.94. The molecule has 34 heavy (non-hydrogen) atoms. The second-order valence-corrected chi connectivity index (χ2v) is 11.3. The number of rotatable bonds is 4. The number of ether oxygens (including phenoxy) is 1. The van der Waals surface area contributed by atoms with E-state index in [0.29, 0.717) is 18.8 Å². The van der Waals surface area contributed by atoms with Gasteiger partial charge in [-0.3, -0.25) is 4.79 Å². The van der Waals surface area contributed by atoms with E-state index >= 15 is 0 Å². The van der Waals surface area contributed by atoms with Crippen LogP contribution >= 0.6 is 23.1 Å². The zero-order chi connectivity index (χ0) is 23.4. The van der Waals surface area contributed by atoms with Crippen LogP contribution in [0.2, 0.25) is 0 Å². The maximum absolute atomic E-state index is 14.0. The van der Waals surface area contributed by atoms with Gasteiger partial charge in [0.25, 0.3) is 5.56 Å². The summed E-state index contributed by atoms with van der Waals surface area (Å²) in [6.07, 6.45) is 0.700. The van der Waals surface area contributed by atoms with Gasteiger partial charge in [-0.2, -0.15) is 0 Å². The minimum atomic E-state index is -0.311. The van der Waals surface area contributed by atoms with Crippen molar-refractivity contribution in [3.63, 3.8) is 0 Å². The van der Waals surface area contributed by atoms with Gasteiger partial charge in [0.15, 0.2) is 5.16 Å². The molecule has 172 valence electrons. The highest BCUT2D eigenvalue weighted by Gasteiger charge is 2.32. The average Bonchev–Trinajstić information content (AvgIpc) is 3.39. The third-order valence-electron chi connectivity index (χ3n) is 6.18. The van der Waals surface area contributed by atoms with Crippen molar-refractivity contribution in [2.24, 2.45) is 0 Å². The van der Waals surface area contributed by atoms with Crippen molar-refractivity contribution in [1.29, 1.82) is 0 Å². The lowest BCUT2D eigenvalue weighted by atomic mass is 9.94. The largest absolute Gasteiger partial charge is 0.370 e. The number of aromatic nitrogens is 4. The molecule has 1 aliphatic heterocycles. The van der Waals surface area contributed by atoms with Crippen LogP contribution in [0.15, 0.2) is 64.5 Å². The van der Waals surface area contributed by atoms with Crippen molar-refractivity contribution >= 4 is 39.1 Å². The second-order valence-electron chi connectivity index (χ2n) is 9.28. The van der Waals surface area contributed by atoms with E-state index < -0.39 is 0 Å². The van der Waals surface area contributed by atoms with Gasteiger partial charge >= 0.3 is 0 Å². The molecule has 6 nitrogen and oxygen atoms in total. The monoisotopic (exact) mass is 488 g/mol. The van der Waals surface area contributed by atoms with Crippen LogP contribution in [0.5, 0.6) is 0 Å². The van der Waals surface area contributed by atoms with Crippen LogP contribution in [-0.4, -0.2) is 24.8 Å². The lowest BCUT2D eigenvalue weighted by Gasteiger charge is -2.29. The van der Waals surface area contributed by atoms with E-state index in [2.05, 4.69) is 40.6 Å². The normalized spacial score (nSPS) is 15.1. The van der Waals surface area contributed by atoms with Crippen LogP contribution in [-0.2, 0) is 23.5 Å². The molecule has 0 N–H and O–H groups in total. The summed E-state index contributed by atoms with van der Waals surface area (Å²) in [4.78, 5) is 16.0. The van der Waals surface area contributed by atoms with Crippen molar-refractivity contribution in [1.82, 2.24) is 19.2 Å². The number of hydrogen-bond donors (Lipinski definition) is 0. The molecule has 0 unspecified atom stereocenters. The van der Waals surface area contributed by atoms with Crippen LogP contribution in [0.25, 0.3) is 21.7 Å². The minimum absolute atomic E-state index is 0.0460. The van der Waals surface area contributed by atoms with E-state index in [4.69, 9.17) is 4.74 Å². The molecule has 0 saturated heterocycles.